The Bertz CT molecular complexity index is 959. The maximum absolute atomic E-state index is 12.2. The molecule has 2 aromatic rings. The van der Waals surface area contributed by atoms with Crippen LogP contribution in [0.2, 0.25) is 0 Å². The molecule has 2 amide bonds. The molecule has 0 atom stereocenters. The summed E-state index contributed by atoms with van der Waals surface area (Å²) >= 11 is 1.50. The summed E-state index contributed by atoms with van der Waals surface area (Å²) in [6, 6.07) is 13.5. The number of thioether (sulfide) groups is 1. The Kier molecular flexibility index (Phi) is 5.83. The van der Waals surface area contributed by atoms with Gasteiger partial charge in [-0.15, -0.1) is 11.8 Å². The van der Waals surface area contributed by atoms with Gasteiger partial charge in [0.2, 0.25) is 21.8 Å². The molecule has 0 saturated carbocycles. The maximum atomic E-state index is 12.2. The van der Waals surface area contributed by atoms with Gasteiger partial charge in [0.15, 0.2) is 0 Å². The van der Waals surface area contributed by atoms with Crippen molar-refractivity contribution in [2.45, 2.75) is 16.2 Å². The number of nitrogens with one attached hydrogen (secondary N) is 2. The fourth-order valence-electron chi connectivity index (χ4n) is 2.67. The minimum Gasteiger partial charge on any atom is -0.326 e. The second kappa shape index (κ2) is 8.12. The van der Waals surface area contributed by atoms with Gasteiger partial charge in [-0.05, 0) is 43.4 Å². The van der Waals surface area contributed by atoms with Crippen molar-refractivity contribution in [2.75, 3.05) is 29.6 Å². The van der Waals surface area contributed by atoms with Crippen LogP contribution in [0, 0.1) is 0 Å². The highest BCUT2D eigenvalue weighted by molar-refractivity contribution is 8.00. The molecule has 3 rings (SSSR count). The topological polar surface area (TPSA) is 95.6 Å². The van der Waals surface area contributed by atoms with Crippen molar-refractivity contribution < 1.29 is 18.0 Å². The SMILES string of the molecule is CNS(=O)(=O)c1ccc(NC(=O)CCN2C(=O)CSc3ccccc32)cc1. The number of nitrogens with zero attached hydrogens (tertiary/aromatic N) is 1. The smallest absolute Gasteiger partial charge is 0.240 e. The zero-order valence-electron chi connectivity index (χ0n) is 14.6. The Hall–Kier alpha value is -2.36. The number of para-hydroxylation sites is 1. The summed E-state index contributed by atoms with van der Waals surface area (Å²) in [5.41, 5.74) is 1.32. The fraction of sp³-hybridized carbons (Fsp3) is 0.222. The lowest BCUT2D eigenvalue weighted by Gasteiger charge is -2.28. The average molecular weight is 406 g/mol. The predicted molar refractivity (Wildman–Crippen MR) is 105 cm³/mol. The molecule has 0 aromatic heterocycles. The van der Waals surface area contributed by atoms with Gasteiger partial charge in [-0.3, -0.25) is 9.59 Å². The number of benzene rings is 2. The van der Waals surface area contributed by atoms with Gasteiger partial charge in [0.05, 0.1) is 16.3 Å². The van der Waals surface area contributed by atoms with Crippen molar-refractivity contribution in [3.8, 4) is 0 Å². The first-order chi connectivity index (χ1) is 12.9. The van der Waals surface area contributed by atoms with E-state index in [0.29, 0.717) is 11.4 Å². The number of rotatable bonds is 6. The van der Waals surface area contributed by atoms with Gasteiger partial charge in [-0.2, -0.15) is 0 Å². The van der Waals surface area contributed by atoms with Crippen molar-refractivity contribution in [2.24, 2.45) is 0 Å². The van der Waals surface area contributed by atoms with Gasteiger partial charge in [0.25, 0.3) is 0 Å². The summed E-state index contributed by atoms with van der Waals surface area (Å²) in [5, 5.41) is 2.72. The number of hydrogen-bond acceptors (Lipinski definition) is 5. The van der Waals surface area contributed by atoms with E-state index >= 15 is 0 Å². The van der Waals surface area contributed by atoms with Crippen LogP contribution >= 0.6 is 11.8 Å². The highest BCUT2D eigenvalue weighted by Crippen LogP contribution is 2.34. The first kappa shape index (κ1) is 19.4. The van der Waals surface area contributed by atoms with Gasteiger partial charge in [0.1, 0.15) is 0 Å². The molecule has 0 radical (unpaired) electrons. The third-order valence-electron chi connectivity index (χ3n) is 4.09. The first-order valence-electron chi connectivity index (χ1n) is 8.26. The van der Waals surface area contributed by atoms with E-state index in [1.54, 1.807) is 4.90 Å². The van der Waals surface area contributed by atoms with Crippen molar-refractivity contribution in [1.82, 2.24) is 4.72 Å². The molecule has 1 aliphatic heterocycles. The monoisotopic (exact) mass is 405 g/mol. The summed E-state index contributed by atoms with van der Waals surface area (Å²) in [7, 11) is -2.17. The molecule has 7 nitrogen and oxygen atoms in total. The van der Waals surface area contributed by atoms with E-state index in [9.17, 15) is 18.0 Å². The van der Waals surface area contributed by atoms with Crippen LogP contribution in [-0.2, 0) is 19.6 Å². The van der Waals surface area contributed by atoms with Gasteiger partial charge < -0.3 is 10.2 Å². The summed E-state index contributed by atoms with van der Waals surface area (Å²) in [6.07, 6.45) is 0.140. The number of carbonyl (C=O) groups excluding carboxylic acids is 2. The second-order valence-electron chi connectivity index (χ2n) is 5.83. The number of hydrogen-bond donors (Lipinski definition) is 2. The molecule has 0 aliphatic carbocycles. The second-order valence-corrected chi connectivity index (χ2v) is 8.74. The highest BCUT2D eigenvalue weighted by atomic mass is 32.2. The molecular weight excluding hydrogens is 386 g/mol. The number of carbonyl (C=O) groups is 2. The van der Waals surface area contributed by atoms with E-state index in [1.807, 2.05) is 24.3 Å². The minimum atomic E-state index is -3.51. The normalized spacial score (nSPS) is 14.0. The molecule has 9 heteroatoms. The molecule has 1 heterocycles. The van der Waals surface area contributed by atoms with Crippen LogP contribution in [0.3, 0.4) is 0 Å². The first-order valence-corrected chi connectivity index (χ1v) is 10.7. The van der Waals surface area contributed by atoms with E-state index in [0.717, 1.165) is 10.6 Å². The van der Waals surface area contributed by atoms with Crippen LogP contribution in [0.15, 0.2) is 58.3 Å². The molecule has 0 fully saturated rings. The molecule has 2 aromatic carbocycles. The standard InChI is InChI=1S/C18H19N3O4S2/c1-19-27(24,25)14-8-6-13(7-9-14)20-17(22)10-11-21-15-4-2-3-5-16(15)26-12-18(21)23/h2-9,19H,10-12H2,1H3,(H,20,22). The Morgan fingerprint density at radius 1 is 1.15 bits per heavy atom. The largest absolute Gasteiger partial charge is 0.326 e. The fourth-order valence-corrected chi connectivity index (χ4v) is 4.34. The molecule has 0 saturated heterocycles. The summed E-state index contributed by atoms with van der Waals surface area (Å²) in [4.78, 5) is 27.2. The molecular formula is C18H19N3O4S2. The van der Waals surface area contributed by atoms with Gasteiger partial charge in [0, 0.05) is 23.5 Å². The van der Waals surface area contributed by atoms with E-state index in [-0.39, 0.29) is 29.7 Å². The number of amides is 2. The van der Waals surface area contributed by atoms with Crippen molar-refractivity contribution >= 4 is 45.0 Å². The van der Waals surface area contributed by atoms with Crippen LogP contribution in [0.1, 0.15) is 6.42 Å². The van der Waals surface area contributed by atoms with E-state index < -0.39 is 10.0 Å². The predicted octanol–water partition coefficient (Wildman–Crippen LogP) is 2.06. The van der Waals surface area contributed by atoms with E-state index in [1.165, 1.54) is 43.1 Å². The molecule has 27 heavy (non-hydrogen) atoms. The lowest BCUT2D eigenvalue weighted by Crippen LogP contribution is -2.37. The van der Waals surface area contributed by atoms with E-state index in [2.05, 4.69) is 10.0 Å². The molecule has 1 aliphatic rings. The zero-order valence-corrected chi connectivity index (χ0v) is 16.3. The molecule has 142 valence electrons. The van der Waals surface area contributed by atoms with Crippen LogP contribution in [-0.4, -0.2) is 39.6 Å². The summed E-state index contributed by atoms with van der Waals surface area (Å²) < 4.78 is 25.6. The van der Waals surface area contributed by atoms with Gasteiger partial charge in [-0.1, -0.05) is 12.1 Å². The van der Waals surface area contributed by atoms with Gasteiger partial charge in [-0.25, -0.2) is 13.1 Å². The Balaban J connectivity index is 1.61. The van der Waals surface area contributed by atoms with Crippen LogP contribution in [0.5, 0.6) is 0 Å². The number of fused-ring (bicyclic) bond motifs is 1. The Morgan fingerprint density at radius 3 is 2.56 bits per heavy atom. The van der Waals surface area contributed by atoms with Gasteiger partial charge >= 0.3 is 0 Å². The van der Waals surface area contributed by atoms with Crippen LogP contribution in [0.25, 0.3) is 0 Å². The number of anilines is 2. The third-order valence-corrected chi connectivity index (χ3v) is 6.57. The average Bonchev–Trinajstić information content (AvgIpc) is 2.67. The quantitative estimate of drug-likeness (QED) is 0.767. The molecule has 0 spiro atoms. The van der Waals surface area contributed by atoms with Crippen LogP contribution in [0.4, 0.5) is 11.4 Å². The lowest BCUT2D eigenvalue weighted by molar-refractivity contribution is -0.117. The maximum Gasteiger partial charge on any atom is 0.240 e. The zero-order chi connectivity index (χ0) is 19.4. The van der Waals surface area contributed by atoms with E-state index in [4.69, 9.17) is 0 Å². The highest BCUT2D eigenvalue weighted by Gasteiger charge is 2.24. The minimum absolute atomic E-state index is 0.0203. The summed E-state index contributed by atoms with van der Waals surface area (Å²) in [6.45, 7) is 0.286. The summed E-state index contributed by atoms with van der Waals surface area (Å²) in [5.74, 6) is 0.0934. The van der Waals surface area contributed by atoms with Crippen molar-refractivity contribution in [3.05, 3.63) is 48.5 Å². The van der Waals surface area contributed by atoms with Crippen LogP contribution < -0.4 is 14.9 Å². The molecule has 0 unspecified atom stereocenters. The Morgan fingerprint density at radius 2 is 1.85 bits per heavy atom. The van der Waals surface area contributed by atoms with Crippen molar-refractivity contribution in [3.63, 3.8) is 0 Å². The third kappa shape index (κ3) is 4.49. The lowest BCUT2D eigenvalue weighted by atomic mass is 10.2. The molecule has 2 N–H and O–H groups in total. The molecule has 0 bridgehead atoms. The van der Waals surface area contributed by atoms with Crippen molar-refractivity contribution in [1.29, 1.82) is 0 Å². The Labute approximate surface area is 162 Å². The number of sulfonamides is 1.